The molecule has 4 rings (SSSR count). The molecule has 0 aromatic carbocycles. The summed E-state index contributed by atoms with van der Waals surface area (Å²) in [7, 11) is 1.27. The van der Waals surface area contributed by atoms with Gasteiger partial charge in [0.05, 0.1) is 6.10 Å². The van der Waals surface area contributed by atoms with E-state index in [0.717, 1.165) is 49.6 Å². The van der Waals surface area contributed by atoms with Crippen LogP contribution in [0.5, 0.6) is 0 Å². The number of Topliss-reactive ketones (excluding diaryl/α,β-unsaturated/α-hetero) is 1. The van der Waals surface area contributed by atoms with Crippen LogP contribution < -0.4 is 0 Å². The molecule has 25 heavy (non-hydrogen) atoms. The third kappa shape index (κ3) is 2.54. The first-order valence-electron chi connectivity index (χ1n) is 10.4. The first-order chi connectivity index (χ1) is 12.4. The monoisotopic (exact) mass is 359 g/mol. The summed E-state index contributed by atoms with van der Waals surface area (Å²) in [5, 5.41) is 0. The molecule has 0 saturated heterocycles. The fourth-order valence-corrected chi connectivity index (χ4v) is 7.26. The predicted molar refractivity (Wildman–Crippen MR) is 105 cm³/mol. The third-order valence-electron chi connectivity index (χ3n) is 8.25. The second-order valence-electron chi connectivity index (χ2n) is 9.10. The van der Waals surface area contributed by atoms with Crippen molar-refractivity contribution in [2.24, 2.45) is 28.6 Å². The van der Waals surface area contributed by atoms with E-state index in [4.69, 9.17) is 5.52 Å². The molecular weight excluding hydrogens is 327 g/mol. The molecule has 4 aliphatic rings. The highest BCUT2D eigenvalue weighted by Crippen LogP contribution is 2.65. The number of rotatable bonds is 3. The maximum atomic E-state index is 12.6. The molecule has 0 amide bonds. The van der Waals surface area contributed by atoms with Gasteiger partial charge in [0.25, 0.3) is 0 Å². The summed E-state index contributed by atoms with van der Waals surface area (Å²) >= 11 is 1.16. The van der Waals surface area contributed by atoms with E-state index in [2.05, 4.69) is 26.0 Å². The lowest BCUT2D eigenvalue weighted by molar-refractivity contribution is -0.115. The normalized spacial score (nSPS) is 48.3. The van der Waals surface area contributed by atoms with Gasteiger partial charge in [-0.15, -0.1) is 0 Å². The Labute approximate surface area is 159 Å². The fraction of sp³-hybridized carbons (Fsp3) is 0.762. The lowest BCUT2D eigenvalue weighted by Gasteiger charge is -2.57. The molecule has 4 aliphatic carbocycles. The van der Waals surface area contributed by atoms with Crippen molar-refractivity contribution >= 4 is 24.8 Å². The topological polar surface area (TPSA) is 26.3 Å². The van der Waals surface area contributed by atoms with Gasteiger partial charge < -0.3 is 4.18 Å². The van der Waals surface area contributed by atoms with Crippen molar-refractivity contribution in [1.29, 1.82) is 1.34 Å². The van der Waals surface area contributed by atoms with Gasteiger partial charge in [-0.2, -0.15) is 0 Å². The Hall–Kier alpha value is -0.475. The predicted octanol–water partition coefficient (Wildman–Crippen LogP) is 4.92. The van der Waals surface area contributed by atoms with Crippen molar-refractivity contribution in [3.8, 4) is 0 Å². The van der Waals surface area contributed by atoms with E-state index < -0.39 is 0 Å². The van der Waals surface area contributed by atoms with Crippen molar-refractivity contribution in [3.63, 3.8) is 0 Å². The SMILES string of the molecule is [3H][B]SO[C@H]1CC[C@@]2(C)C(=CC[C@@H]3[C@@H]2CC[C@]2(C)/C(=C\C)C(=O)C[C@@H]32)C1. The van der Waals surface area contributed by atoms with Crippen LogP contribution in [0.25, 0.3) is 0 Å². The average molecular weight is 359 g/mol. The molecule has 135 valence electrons. The van der Waals surface area contributed by atoms with Crippen molar-refractivity contribution < 1.29 is 8.98 Å². The molecule has 0 aromatic heterocycles. The number of carbonyl (C=O) groups excluding carboxylic acids is 1. The highest BCUT2D eigenvalue weighted by Gasteiger charge is 2.59. The van der Waals surface area contributed by atoms with Crippen molar-refractivity contribution in [1.82, 2.24) is 0 Å². The van der Waals surface area contributed by atoms with Crippen LogP contribution in [0.15, 0.2) is 23.3 Å². The van der Waals surface area contributed by atoms with Crippen molar-refractivity contribution in [2.45, 2.75) is 71.8 Å². The summed E-state index contributed by atoms with van der Waals surface area (Å²) in [6.07, 6.45) is 12.4. The van der Waals surface area contributed by atoms with Crippen LogP contribution in [0.4, 0.5) is 0 Å². The molecule has 3 fully saturated rings. The average Bonchev–Trinajstić information content (AvgIpc) is 2.89. The first-order valence-corrected chi connectivity index (χ1v) is 10.7. The van der Waals surface area contributed by atoms with Gasteiger partial charge in [-0.1, -0.05) is 43.5 Å². The Morgan fingerprint density at radius 1 is 1.28 bits per heavy atom. The zero-order valence-electron chi connectivity index (χ0n) is 16.7. The zero-order chi connectivity index (χ0) is 18.5. The largest absolute Gasteiger partial charge is 0.325 e. The maximum absolute atomic E-state index is 12.6. The minimum absolute atomic E-state index is 0.107. The molecular formula is C21H30BO2S. The molecule has 1 radical (unpaired) electrons. The minimum Gasteiger partial charge on any atom is -0.325 e. The van der Waals surface area contributed by atoms with Gasteiger partial charge in [-0.25, -0.2) is 0 Å². The Morgan fingerprint density at radius 2 is 2.08 bits per heavy atom. The van der Waals surface area contributed by atoms with E-state index in [1.807, 2.05) is 6.92 Å². The molecule has 0 aliphatic heterocycles. The summed E-state index contributed by atoms with van der Waals surface area (Å²) in [6, 6.07) is 0. The standard InChI is InChI=1S/C21H30BO2S/c1-4-16-19(23)12-18-15-6-5-13-11-14(24-25-22)7-9-20(13,2)17(15)8-10-21(16,18)3/h4-5,14-15,17-18,22H,6-12H2,1-3H3/b16-4-/t14-,15+,17-,18-,20-,21+/m0/s1/i22T. The highest BCUT2D eigenvalue weighted by molar-refractivity contribution is 8.15. The van der Waals surface area contributed by atoms with E-state index in [1.165, 1.54) is 19.9 Å². The number of allylic oxidation sites excluding steroid dienone is 3. The van der Waals surface area contributed by atoms with E-state index >= 15 is 0 Å². The zero-order valence-corrected chi connectivity index (χ0v) is 16.5. The second-order valence-corrected chi connectivity index (χ2v) is 9.49. The highest BCUT2D eigenvalue weighted by atomic mass is 32.2. The van der Waals surface area contributed by atoms with Gasteiger partial charge >= 0.3 is 0 Å². The smallest absolute Gasteiger partial charge is 0.209 e. The van der Waals surface area contributed by atoms with Gasteiger partial charge in [0.2, 0.25) is 7.09 Å². The molecule has 0 heterocycles. The third-order valence-corrected chi connectivity index (χ3v) is 8.63. The molecule has 2 nitrogen and oxygen atoms in total. The van der Waals surface area contributed by atoms with Crippen molar-refractivity contribution in [3.05, 3.63) is 23.3 Å². The number of fused-ring (bicyclic) bond motifs is 5. The minimum atomic E-state index is 0.107. The quantitative estimate of drug-likeness (QED) is 0.310. The Kier molecular flexibility index (Phi) is 4.20. The molecule has 0 N–H and O–H groups in total. The summed E-state index contributed by atoms with van der Waals surface area (Å²) in [5.74, 6) is 2.29. The lowest BCUT2D eigenvalue weighted by Crippen LogP contribution is -2.49. The summed E-state index contributed by atoms with van der Waals surface area (Å²) in [6.45, 7) is 6.88. The van der Waals surface area contributed by atoms with Crippen LogP contribution in [0.3, 0.4) is 0 Å². The molecule has 4 heteroatoms. The van der Waals surface area contributed by atoms with Gasteiger partial charge in [-0.3, -0.25) is 4.79 Å². The molecule has 6 atom stereocenters. The van der Waals surface area contributed by atoms with E-state index in [1.54, 1.807) is 5.57 Å². The summed E-state index contributed by atoms with van der Waals surface area (Å²) < 4.78 is 12.9. The van der Waals surface area contributed by atoms with Gasteiger partial charge in [-0.05, 0) is 80.9 Å². The van der Waals surface area contributed by atoms with Crippen LogP contribution in [0.1, 0.15) is 65.7 Å². The van der Waals surface area contributed by atoms with Crippen LogP contribution in [-0.4, -0.2) is 20.3 Å². The first kappa shape index (κ1) is 16.7. The lowest BCUT2D eigenvalue weighted by atomic mass is 9.48. The molecule has 0 unspecified atom stereocenters. The van der Waals surface area contributed by atoms with Crippen LogP contribution in [0, 0.1) is 28.6 Å². The van der Waals surface area contributed by atoms with E-state index in [0.29, 0.717) is 23.5 Å². The Balaban J connectivity index is 1.59. The Bertz CT molecular complexity index is 662. The fourth-order valence-electron chi connectivity index (χ4n) is 6.94. The van der Waals surface area contributed by atoms with E-state index in [-0.39, 0.29) is 16.9 Å². The molecule has 0 spiro atoms. The number of hydrogen-bond acceptors (Lipinski definition) is 3. The molecule has 0 bridgehead atoms. The maximum Gasteiger partial charge on any atom is 0.209 e. The summed E-state index contributed by atoms with van der Waals surface area (Å²) in [5.41, 5.74) is 3.08. The van der Waals surface area contributed by atoms with Crippen LogP contribution in [0.2, 0.25) is 0 Å². The number of hydrogen-bond donors (Lipinski definition) is 0. The Morgan fingerprint density at radius 3 is 2.84 bits per heavy atom. The summed E-state index contributed by atoms with van der Waals surface area (Å²) in [4.78, 5) is 12.6. The van der Waals surface area contributed by atoms with Crippen LogP contribution in [-0.2, 0) is 8.98 Å². The molecule has 0 aromatic rings. The van der Waals surface area contributed by atoms with Gasteiger partial charge in [0, 0.05) is 6.42 Å². The van der Waals surface area contributed by atoms with Gasteiger partial charge in [0.15, 0.2) is 5.78 Å². The van der Waals surface area contributed by atoms with Gasteiger partial charge in [0.1, 0.15) is 0 Å². The molecule has 3 saturated carbocycles. The van der Waals surface area contributed by atoms with E-state index in [9.17, 15) is 4.79 Å². The second kappa shape index (κ2) is 6.30. The number of carbonyl (C=O) groups is 1. The van der Waals surface area contributed by atoms with Crippen LogP contribution >= 0.6 is 11.9 Å². The number of ketones is 1. The van der Waals surface area contributed by atoms with Crippen molar-refractivity contribution in [2.75, 3.05) is 0 Å².